The van der Waals surface area contributed by atoms with Gasteiger partial charge in [-0.05, 0) is 77.4 Å². The number of hydrogen-bond donors (Lipinski definition) is 0. The zero-order valence-corrected chi connectivity index (χ0v) is 30.7. The number of hydrogen-bond acceptors (Lipinski definition) is 2. The Morgan fingerprint density at radius 1 is 0.340 bits per heavy atom. The summed E-state index contributed by atoms with van der Waals surface area (Å²) in [4.78, 5) is 10.7. The number of nitrogens with zero attached hydrogens (tertiary/aromatic N) is 2. The van der Waals surface area contributed by atoms with Crippen molar-refractivity contribution in [1.29, 1.82) is 0 Å². The number of rotatable bonds is 5. The van der Waals surface area contributed by atoms with Crippen LogP contribution in [0, 0.1) is 0 Å². The predicted octanol–water partition coefficient (Wildman–Crippen LogP) is 11.9. The summed E-state index contributed by atoms with van der Waals surface area (Å²) in [5, 5.41) is 7.86. The van der Waals surface area contributed by atoms with Crippen molar-refractivity contribution in [2.45, 2.75) is 13.1 Å². The fourth-order valence-corrected chi connectivity index (χ4v) is 11.7. The highest BCUT2D eigenvalue weighted by Gasteiger charge is 2.38. The third-order valence-corrected chi connectivity index (χ3v) is 14.6. The van der Waals surface area contributed by atoms with Gasteiger partial charge in [-0.1, -0.05) is 183 Å². The zero-order chi connectivity index (χ0) is 35.5. The minimum Gasteiger partial charge on any atom is -0.228 e. The molecule has 0 fully saturated rings. The van der Waals surface area contributed by atoms with Gasteiger partial charge in [0.2, 0.25) is 0 Å². The first-order valence-electron chi connectivity index (χ1n) is 18.3. The Morgan fingerprint density at radius 2 is 0.830 bits per heavy atom. The van der Waals surface area contributed by atoms with Gasteiger partial charge in [-0.2, -0.15) is 0 Å². The Balaban J connectivity index is 1.26. The maximum atomic E-state index is 5.44. The van der Waals surface area contributed by atoms with Crippen molar-refractivity contribution in [3.63, 3.8) is 0 Å². The van der Waals surface area contributed by atoms with Gasteiger partial charge in [0, 0.05) is 16.7 Å². The maximum absolute atomic E-state index is 5.44. The lowest BCUT2D eigenvalue weighted by molar-refractivity contribution is 1.19. The average molecular weight is 693 g/mol. The Bertz CT molecular complexity index is 2800. The van der Waals surface area contributed by atoms with E-state index in [1.165, 1.54) is 59.7 Å². The molecule has 0 radical (unpaired) electrons. The summed E-state index contributed by atoms with van der Waals surface area (Å²) >= 11 is 0. The standard InChI is InChI=1S/C50H36N2Si/c1-53(2)45-29-14-13-27-41(45)49-42(28-16-30-46(49)53)47-37-23-9-11-25-39(37)48(40-26-12-10-24-38(40)47)44-32-43(34-19-7-4-8-20-34)51-50(52-44)36-22-15-21-35(31-36)33-17-5-3-6-18-33/h3-32H,1-2H3. The van der Waals surface area contributed by atoms with Crippen molar-refractivity contribution in [3.8, 4) is 67.3 Å². The molecule has 0 saturated carbocycles. The summed E-state index contributed by atoms with van der Waals surface area (Å²) in [5.41, 5.74) is 12.7. The fourth-order valence-electron chi connectivity index (χ4n) is 8.59. The van der Waals surface area contributed by atoms with E-state index in [2.05, 4.69) is 195 Å². The van der Waals surface area contributed by atoms with Crippen LogP contribution in [-0.4, -0.2) is 18.0 Å². The Kier molecular flexibility index (Phi) is 7.31. The topological polar surface area (TPSA) is 25.8 Å². The molecule has 53 heavy (non-hydrogen) atoms. The fraction of sp³-hybridized carbons (Fsp3) is 0.0400. The van der Waals surface area contributed by atoms with Crippen LogP contribution in [0.1, 0.15) is 0 Å². The Labute approximate surface area is 311 Å². The quantitative estimate of drug-likeness (QED) is 0.133. The first-order valence-corrected chi connectivity index (χ1v) is 21.3. The van der Waals surface area contributed by atoms with Gasteiger partial charge in [0.1, 0.15) is 8.07 Å². The van der Waals surface area contributed by atoms with Gasteiger partial charge in [0.15, 0.2) is 5.82 Å². The van der Waals surface area contributed by atoms with Crippen LogP contribution in [0.5, 0.6) is 0 Å². The summed E-state index contributed by atoms with van der Waals surface area (Å²) in [6.45, 7) is 4.99. The molecule has 0 spiro atoms. The van der Waals surface area contributed by atoms with Crippen LogP contribution in [0.15, 0.2) is 182 Å². The molecular weight excluding hydrogens is 657 g/mol. The third kappa shape index (κ3) is 5.08. The first kappa shape index (κ1) is 31.3. The van der Waals surface area contributed by atoms with E-state index < -0.39 is 8.07 Å². The molecule has 0 saturated heterocycles. The molecular formula is C50H36N2Si. The molecule has 0 N–H and O–H groups in total. The van der Waals surface area contributed by atoms with Crippen molar-refractivity contribution in [1.82, 2.24) is 9.97 Å². The molecule has 0 amide bonds. The number of fused-ring (bicyclic) bond motifs is 5. The van der Waals surface area contributed by atoms with Gasteiger partial charge >= 0.3 is 0 Å². The molecule has 0 aliphatic carbocycles. The highest BCUT2D eigenvalue weighted by atomic mass is 28.3. The largest absolute Gasteiger partial charge is 0.228 e. The van der Waals surface area contributed by atoms with Crippen LogP contribution in [0.3, 0.4) is 0 Å². The molecule has 9 aromatic rings. The first-order chi connectivity index (χ1) is 26.1. The van der Waals surface area contributed by atoms with Gasteiger partial charge in [0.25, 0.3) is 0 Å². The Hall–Kier alpha value is -6.42. The van der Waals surface area contributed by atoms with Crippen molar-refractivity contribution < 1.29 is 0 Å². The van der Waals surface area contributed by atoms with Crippen LogP contribution in [0.4, 0.5) is 0 Å². The highest BCUT2D eigenvalue weighted by Crippen LogP contribution is 2.47. The average Bonchev–Trinajstić information content (AvgIpc) is 3.46. The zero-order valence-electron chi connectivity index (χ0n) is 29.7. The molecule has 0 atom stereocenters. The van der Waals surface area contributed by atoms with Crippen molar-refractivity contribution in [2.24, 2.45) is 0 Å². The van der Waals surface area contributed by atoms with E-state index in [1.807, 2.05) is 0 Å². The molecule has 8 aromatic carbocycles. The lowest BCUT2D eigenvalue weighted by Crippen LogP contribution is -2.49. The SMILES string of the molecule is C[Si]1(C)c2ccccc2-c2c(-c3c4ccccc4c(-c4cc(-c5ccccc5)nc(-c5cccc(-c6ccccc6)c5)n4)c4ccccc34)cccc21. The number of aromatic nitrogens is 2. The predicted molar refractivity (Wildman–Crippen MR) is 226 cm³/mol. The molecule has 250 valence electrons. The molecule has 1 aliphatic rings. The molecule has 2 heterocycles. The van der Waals surface area contributed by atoms with Crippen molar-refractivity contribution in [3.05, 3.63) is 182 Å². The van der Waals surface area contributed by atoms with Crippen molar-refractivity contribution in [2.75, 3.05) is 0 Å². The minimum absolute atomic E-state index is 0.709. The molecule has 10 rings (SSSR count). The highest BCUT2D eigenvalue weighted by molar-refractivity contribution is 7.04. The molecule has 3 heteroatoms. The molecule has 0 bridgehead atoms. The minimum atomic E-state index is -1.86. The summed E-state index contributed by atoms with van der Waals surface area (Å²) < 4.78 is 0. The normalized spacial score (nSPS) is 12.9. The summed E-state index contributed by atoms with van der Waals surface area (Å²) in [5.74, 6) is 0.709. The van der Waals surface area contributed by atoms with E-state index >= 15 is 0 Å². The van der Waals surface area contributed by atoms with Gasteiger partial charge in [-0.25, -0.2) is 9.97 Å². The van der Waals surface area contributed by atoms with E-state index in [9.17, 15) is 0 Å². The smallest absolute Gasteiger partial charge is 0.160 e. The van der Waals surface area contributed by atoms with Crippen LogP contribution < -0.4 is 10.4 Å². The molecule has 1 aliphatic heterocycles. The van der Waals surface area contributed by atoms with Gasteiger partial charge in [0.05, 0.1) is 11.4 Å². The second-order valence-electron chi connectivity index (χ2n) is 14.5. The van der Waals surface area contributed by atoms with E-state index in [1.54, 1.807) is 0 Å². The van der Waals surface area contributed by atoms with E-state index in [0.717, 1.165) is 33.6 Å². The van der Waals surface area contributed by atoms with Gasteiger partial charge in [-0.3, -0.25) is 0 Å². The third-order valence-electron chi connectivity index (χ3n) is 11.1. The molecule has 0 unspecified atom stereocenters. The second-order valence-corrected chi connectivity index (χ2v) is 18.8. The van der Waals surface area contributed by atoms with Crippen LogP contribution in [0.2, 0.25) is 13.1 Å². The molecule has 1 aromatic heterocycles. The summed E-state index contributed by atoms with van der Waals surface area (Å²) in [6, 6.07) is 65.7. The molecule has 2 nitrogen and oxygen atoms in total. The summed E-state index contributed by atoms with van der Waals surface area (Å²) in [6.07, 6.45) is 0. The lowest BCUT2D eigenvalue weighted by Gasteiger charge is -2.21. The van der Waals surface area contributed by atoms with E-state index in [0.29, 0.717) is 5.82 Å². The van der Waals surface area contributed by atoms with Crippen LogP contribution >= 0.6 is 0 Å². The van der Waals surface area contributed by atoms with Gasteiger partial charge < -0.3 is 0 Å². The van der Waals surface area contributed by atoms with E-state index in [4.69, 9.17) is 9.97 Å². The summed E-state index contributed by atoms with van der Waals surface area (Å²) in [7, 11) is -1.86. The van der Waals surface area contributed by atoms with Crippen LogP contribution in [-0.2, 0) is 0 Å². The maximum Gasteiger partial charge on any atom is 0.160 e. The number of benzene rings is 8. The van der Waals surface area contributed by atoms with Crippen molar-refractivity contribution >= 4 is 40.0 Å². The van der Waals surface area contributed by atoms with E-state index in [-0.39, 0.29) is 0 Å². The van der Waals surface area contributed by atoms with Gasteiger partial charge in [-0.15, -0.1) is 0 Å². The second kappa shape index (κ2) is 12.4. The van der Waals surface area contributed by atoms with Crippen LogP contribution in [0.25, 0.3) is 88.8 Å². The lowest BCUT2D eigenvalue weighted by atomic mass is 9.84. The Morgan fingerprint density at radius 3 is 1.53 bits per heavy atom. The monoisotopic (exact) mass is 692 g/mol.